The number of furan rings is 1. The molecule has 0 aliphatic rings. The summed E-state index contributed by atoms with van der Waals surface area (Å²) in [5.41, 5.74) is 0.227. The molecule has 0 aliphatic carbocycles. The lowest BCUT2D eigenvalue weighted by Crippen LogP contribution is -2.03. The van der Waals surface area contributed by atoms with Crippen molar-refractivity contribution in [1.82, 2.24) is 0 Å². The summed E-state index contributed by atoms with van der Waals surface area (Å²) in [7, 11) is 0. The first-order chi connectivity index (χ1) is 13.5. The van der Waals surface area contributed by atoms with E-state index in [4.69, 9.17) is 20.8 Å². The van der Waals surface area contributed by atoms with Gasteiger partial charge in [0.25, 0.3) is 0 Å². The van der Waals surface area contributed by atoms with Crippen LogP contribution in [0.5, 0.6) is 11.5 Å². The molecule has 0 atom stereocenters. The van der Waals surface area contributed by atoms with Crippen molar-refractivity contribution in [3.63, 3.8) is 0 Å². The molecule has 2 aromatic carbocycles. The van der Waals surface area contributed by atoms with E-state index in [1.165, 1.54) is 36.4 Å². The maximum absolute atomic E-state index is 12.3. The maximum atomic E-state index is 12.3. The van der Waals surface area contributed by atoms with Crippen molar-refractivity contribution in [2.24, 2.45) is 0 Å². The van der Waals surface area contributed by atoms with Crippen molar-refractivity contribution in [2.45, 2.75) is 13.2 Å². The van der Waals surface area contributed by atoms with Crippen LogP contribution in [0, 0.1) is 0 Å². The molecule has 4 nitrogen and oxygen atoms in total. The molecule has 0 aliphatic heterocycles. The normalized spacial score (nSPS) is 11.1. The molecular formula is C21H15ClF2O4. The lowest BCUT2D eigenvalue weighted by Gasteiger charge is -2.04. The maximum Gasteiger partial charge on any atom is 0.387 e. The Balaban J connectivity index is 1.59. The number of ketones is 1. The van der Waals surface area contributed by atoms with Crippen molar-refractivity contribution >= 4 is 23.5 Å². The molecule has 0 amide bonds. The predicted octanol–water partition coefficient (Wildman–Crippen LogP) is 6.01. The van der Waals surface area contributed by atoms with Gasteiger partial charge in [-0.1, -0.05) is 29.8 Å². The zero-order valence-electron chi connectivity index (χ0n) is 14.5. The second-order valence-corrected chi connectivity index (χ2v) is 6.09. The van der Waals surface area contributed by atoms with E-state index < -0.39 is 6.61 Å². The van der Waals surface area contributed by atoms with Gasteiger partial charge in [0.05, 0.1) is 0 Å². The fraction of sp³-hybridized carbons (Fsp3) is 0.0952. The highest BCUT2D eigenvalue weighted by atomic mass is 35.5. The van der Waals surface area contributed by atoms with Gasteiger partial charge in [-0.05, 0) is 54.6 Å². The SMILES string of the molecule is O=C(/C=C/c1ccc(COc2cccc(Cl)c2)o1)c1cccc(OC(F)F)c1. The molecule has 7 heteroatoms. The predicted molar refractivity (Wildman–Crippen MR) is 101 cm³/mol. The number of ether oxygens (including phenoxy) is 2. The number of carbonyl (C=O) groups is 1. The Morgan fingerprint density at radius 1 is 1.07 bits per heavy atom. The number of hydrogen-bond acceptors (Lipinski definition) is 4. The van der Waals surface area contributed by atoms with Gasteiger partial charge in [-0.15, -0.1) is 0 Å². The van der Waals surface area contributed by atoms with Crippen LogP contribution in [0.15, 0.2) is 71.2 Å². The van der Waals surface area contributed by atoms with Crippen LogP contribution in [0.25, 0.3) is 6.08 Å². The molecule has 0 spiro atoms. The first-order valence-corrected chi connectivity index (χ1v) is 8.62. The molecule has 0 saturated carbocycles. The molecular weight excluding hydrogens is 390 g/mol. The Morgan fingerprint density at radius 3 is 2.64 bits per heavy atom. The minimum Gasteiger partial charge on any atom is -0.486 e. The lowest BCUT2D eigenvalue weighted by atomic mass is 10.1. The molecule has 0 fully saturated rings. The van der Waals surface area contributed by atoms with Gasteiger partial charge in [-0.25, -0.2) is 0 Å². The number of hydrogen-bond donors (Lipinski definition) is 0. The van der Waals surface area contributed by atoms with E-state index >= 15 is 0 Å². The molecule has 3 rings (SSSR count). The zero-order valence-corrected chi connectivity index (χ0v) is 15.2. The van der Waals surface area contributed by atoms with Crippen LogP contribution < -0.4 is 9.47 Å². The van der Waals surface area contributed by atoms with Crippen LogP contribution in [0.2, 0.25) is 5.02 Å². The summed E-state index contributed by atoms with van der Waals surface area (Å²) in [5, 5.41) is 0.571. The van der Waals surface area contributed by atoms with Crippen molar-refractivity contribution in [2.75, 3.05) is 0 Å². The van der Waals surface area contributed by atoms with Crippen molar-refractivity contribution in [3.8, 4) is 11.5 Å². The van der Waals surface area contributed by atoms with E-state index in [0.717, 1.165) is 0 Å². The van der Waals surface area contributed by atoms with Gasteiger partial charge in [0.1, 0.15) is 29.6 Å². The minimum atomic E-state index is -2.95. The highest BCUT2D eigenvalue weighted by Gasteiger charge is 2.08. The van der Waals surface area contributed by atoms with Crippen LogP contribution in [-0.2, 0) is 6.61 Å². The molecule has 1 aromatic heterocycles. The van der Waals surface area contributed by atoms with E-state index in [-0.39, 0.29) is 23.7 Å². The first kappa shape index (κ1) is 19.6. The Kier molecular flexibility index (Phi) is 6.45. The molecule has 0 saturated heterocycles. The highest BCUT2D eigenvalue weighted by Crippen LogP contribution is 2.20. The van der Waals surface area contributed by atoms with E-state index in [2.05, 4.69) is 4.74 Å². The number of allylic oxidation sites excluding steroid dienone is 1. The highest BCUT2D eigenvalue weighted by molar-refractivity contribution is 6.30. The summed E-state index contributed by atoms with van der Waals surface area (Å²) < 4.78 is 40.0. The standard InChI is InChI=1S/C21H15ClF2O4/c22-15-4-2-5-17(12-15)26-13-19-8-7-16(27-19)9-10-20(25)14-3-1-6-18(11-14)28-21(23)24/h1-12,21H,13H2/b10-9+. The van der Waals surface area contributed by atoms with Crippen LogP contribution in [0.1, 0.15) is 21.9 Å². The van der Waals surface area contributed by atoms with Crippen LogP contribution in [0.3, 0.4) is 0 Å². The van der Waals surface area contributed by atoms with Gasteiger partial charge >= 0.3 is 6.61 Å². The van der Waals surface area contributed by atoms with Crippen molar-refractivity contribution < 1.29 is 27.5 Å². The Bertz CT molecular complexity index is 982. The summed E-state index contributed by atoms with van der Waals surface area (Å²) in [4.78, 5) is 12.2. The van der Waals surface area contributed by atoms with Gasteiger partial charge in [0.2, 0.25) is 0 Å². The van der Waals surface area contributed by atoms with Crippen LogP contribution in [-0.4, -0.2) is 12.4 Å². The molecule has 144 valence electrons. The number of halogens is 3. The van der Waals surface area contributed by atoms with Gasteiger partial charge in [-0.3, -0.25) is 4.79 Å². The summed E-state index contributed by atoms with van der Waals surface area (Å²) in [5.74, 6) is 1.19. The molecule has 0 unspecified atom stereocenters. The molecule has 0 N–H and O–H groups in total. The second kappa shape index (κ2) is 9.19. The topological polar surface area (TPSA) is 48.7 Å². The Morgan fingerprint density at radius 2 is 1.86 bits per heavy atom. The van der Waals surface area contributed by atoms with Crippen molar-refractivity contribution in [3.05, 3.63) is 88.8 Å². The van der Waals surface area contributed by atoms with Gasteiger partial charge in [0, 0.05) is 10.6 Å². The first-order valence-electron chi connectivity index (χ1n) is 8.24. The van der Waals surface area contributed by atoms with Crippen LogP contribution in [0.4, 0.5) is 8.78 Å². The molecule has 28 heavy (non-hydrogen) atoms. The van der Waals surface area contributed by atoms with E-state index in [9.17, 15) is 13.6 Å². The molecule has 1 heterocycles. The summed E-state index contributed by atoms with van der Waals surface area (Å²) in [6, 6.07) is 16.0. The van der Waals surface area contributed by atoms with E-state index in [0.29, 0.717) is 22.3 Å². The number of carbonyl (C=O) groups excluding carboxylic acids is 1. The van der Waals surface area contributed by atoms with Gasteiger partial charge in [0.15, 0.2) is 5.78 Å². The minimum absolute atomic E-state index is 0.0762. The second-order valence-electron chi connectivity index (χ2n) is 5.65. The fourth-order valence-electron chi connectivity index (χ4n) is 2.35. The van der Waals surface area contributed by atoms with Gasteiger partial charge in [-0.2, -0.15) is 8.78 Å². The van der Waals surface area contributed by atoms with E-state index in [1.807, 2.05) is 0 Å². The molecule has 3 aromatic rings. The summed E-state index contributed by atoms with van der Waals surface area (Å²) in [6.07, 6.45) is 2.79. The Hall–Kier alpha value is -3.12. The van der Waals surface area contributed by atoms with Gasteiger partial charge < -0.3 is 13.9 Å². The zero-order chi connectivity index (χ0) is 19.9. The smallest absolute Gasteiger partial charge is 0.387 e. The number of alkyl halides is 2. The fourth-order valence-corrected chi connectivity index (χ4v) is 2.53. The third-order valence-corrected chi connectivity index (χ3v) is 3.84. The van der Waals surface area contributed by atoms with Crippen LogP contribution >= 0.6 is 11.6 Å². The monoisotopic (exact) mass is 404 g/mol. The van der Waals surface area contributed by atoms with E-state index in [1.54, 1.807) is 36.4 Å². The average Bonchev–Trinajstić information content (AvgIpc) is 3.12. The quantitative estimate of drug-likeness (QED) is 0.341. The average molecular weight is 405 g/mol. The lowest BCUT2D eigenvalue weighted by molar-refractivity contribution is -0.0498. The Labute approximate surface area is 164 Å². The third-order valence-electron chi connectivity index (χ3n) is 3.60. The third kappa shape index (κ3) is 5.69. The summed E-state index contributed by atoms with van der Waals surface area (Å²) in [6.45, 7) is -2.74. The number of benzene rings is 2. The largest absolute Gasteiger partial charge is 0.486 e. The molecule has 0 radical (unpaired) electrons. The summed E-state index contributed by atoms with van der Waals surface area (Å²) >= 11 is 5.90. The van der Waals surface area contributed by atoms with Crippen molar-refractivity contribution in [1.29, 1.82) is 0 Å². The molecule has 0 bridgehead atoms. The number of rotatable bonds is 8.